The molecule has 1 atom stereocenters. The van der Waals surface area contributed by atoms with Gasteiger partial charge in [0.1, 0.15) is 17.9 Å². The Labute approximate surface area is 88.6 Å². The molecule has 16 heavy (non-hydrogen) atoms. The lowest BCUT2D eigenvalue weighted by atomic mass is 10.3. The summed E-state index contributed by atoms with van der Waals surface area (Å²) in [6.45, 7) is -1.12. The van der Waals surface area contributed by atoms with Gasteiger partial charge in [-0.2, -0.15) is 18.4 Å². The molecule has 1 rings (SSSR count). The quantitative estimate of drug-likeness (QED) is 0.800. The van der Waals surface area contributed by atoms with Crippen LogP contribution in [0.15, 0.2) is 12.3 Å². The fourth-order valence-electron chi connectivity index (χ4n) is 0.902. The van der Waals surface area contributed by atoms with E-state index in [1.165, 1.54) is 6.07 Å². The Bertz CT molecular complexity index is 401. The van der Waals surface area contributed by atoms with Gasteiger partial charge >= 0.3 is 6.18 Å². The van der Waals surface area contributed by atoms with Crippen molar-refractivity contribution in [3.63, 3.8) is 0 Å². The molecule has 1 heterocycles. The number of nitriles is 1. The minimum absolute atomic E-state index is 0.164. The van der Waals surface area contributed by atoms with Gasteiger partial charge in [0.25, 0.3) is 0 Å². The summed E-state index contributed by atoms with van der Waals surface area (Å²) in [5.74, 6) is -0.410. The summed E-state index contributed by atoms with van der Waals surface area (Å²) < 4.78 is 36.8. The molecule has 1 aromatic heterocycles. The number of halogens is 3. The molecule has 0 spiro atoms. The molecule has 0 amide bonds. The number of aliphatic hydroxyl groups excluding tert-OH is 1. The highest BCUT2D eigenvalue weighted by atomic mass is 19.4. The molecule has 0 aliphatic rings. The molecule has 1 aromatic rings. The molecular weight excluding hydrogens is 225 g/mol. The van der Waals surface area contributed by atoms with E-state index in [0.717, 1.165) is 6.20 Å². The summed E-state index contributed by atoms with van der Waals surface area (Å²) in [6, 6.07) is 0.650. The zero-order chi connectivity index (χ0) is 12.2. The first-order chi connectivity index (χ1) is 7.47. The van der Waals surface area contributed by atoms with E-state index >= 15 is 0 Å². The van der Waals surface area contributed by atoms with Crippen LogP contribution in [-0.4, -0.2) is 33.9 Å². The largest absolute Gasteiger partial charge is 0.410 e. The van der Waals surface area contributed by atoms with Gasteiger partial charge in [0.05, 0.1) is 6.61 Å². The number of hydrogen-bond acceptors (Lipinski definition) is 5. The lowest BCUT2D eigenvalue weighted by molar-refractivity contribution is -0.149. The molecule has 0 aromatic carbocycles. The van der Waals surface area contributed by atoms with Crippen molar-refractivity contribution < 1.29 is 18.3 Å². The van der Waals surface area contributed by atoms with Crippen molar-refractivity contribution in [1.82, 2.24) is 9.97 Å². The summed E-state index contributed by atoms with van der Waals surface area (Å²) in [7, 11) is 0. The van der Waals surface area contributed by atoms with Gasteiger partial charge in [0, 0.05) is 6.20 Å². The Morgan fingerprint density at radius 3 is 2.75 bits per heavy atom. The van der Waals surface area contributed by atoms with Gasteiger partial charge in [0.15, 0.2) is 0 Å². The Balaban J connectivity index is 2.83. The molecule has 0 aliphatic heterocycles. The van der Waals surface area contributed by atoms with E-state index in [9.17, 15) is 13.2 Å². The summed E-state index contributed by atoms with van der Waals surface area (Å²) >= 11 is 0. The number of alkyl halides is 3. The molecule has 8 heteroatoms. The van der Waals surface area contributed by atoms with Crippen LogP contribution in [0.2, 0.25) is 0 Å². The van der Waals surface area contributed by atoms with E-state index in [2.05, 4.69) is 9.97 Å². The second kappa shape index (κ2) is 4.76. The summed E-state index contributed by atoms with van der Waals surface area (Å²) in [6.07, 6.45) is -3.44. The van der Waals surface area contributed by atoms with E-state index in [-0.39, 0.29) is 11.6 Å². The predicted molar refractivity (Wildman–Crippen MR) is 47.3 cm³/mol. The average molecular weight is 232 g/mol. The SMILES string of the molecule is N#Cc1nccc(NC(CO)C(F)(F)F)n1. The first kappa shape index (κ1) is 12.2. The van der Waals surface area contributed by atoms with Crippen LogP contribution in [0.25, 0.3) is 0 Å². The van der Waals surface area contributed by atoms with Crippen LogP contribution in [0.4, 0.5) is 19.0 Å². The average Bonchev–Trinajstić information content (AvgIpc) is 2.24. The smallest absolute Gasteiger partial charge is 0.394 e. The van der Waals surface area contributed by atoms with Crippen LogP contribution >= 0.6 is 0 Å². The molecule has 0 bridgehead atoms. The normalized spacial score (nSPS) is 12.9. The number of aliphatic hydroxyl groups is 1. The number of rotatable bonds is 3. The van der Waals surface area contributed by atoms with Crippen molar-refractivity contribution in [2.24, 2.45) is 0 Å². The van der Waals surface area contributed by atoms with Crippen molar-refractivity contribution in [2.75, 3.05) is 11.9 Å². The molecule has 0 radical (unpaired) electrons. The maximum absolute atomic E-state index is 12.3. The predicted octanol–water partition coefficient (Wildman–Crippen LogP) is 0.683. The highest BCUT2D eigenvalue weighted by molar-refractivity contribution is 5.36. The highest BCUT2D eigenvalue weighted by Crippen LogP contribution is 2.22. The zero-order valence-electron chi connectivity index (χ0n) is 7.86. The van der Waals surface area contributed by atoms with E-state index < -0.39 is 18.8 Å². The van der Waals surface area contributed by atoms with Gasteiger partial charge in [-0.15, -0.1) is 0 Å². The van der Waals surface area contributed by atoms with Crippen LogP contribution in [0.1, 0.15) is 5.82 Å². The molecule has 1 unspecified atom stereocenters. The van der Waals surface area contributed by atoms with Gasteiger partial charge in [-0.05, 0) is 6.07 Å². The van der Waals surface area contributed by atoms with Gasteiger partial charge in [-0.25, -0.2) is 9.97 Å². The Kier molecular flexibility index (Phi) is 3.63. The fourth-order valence-corrected chi connectivity index (χ4v) is 0.902. The molecule has 0 fully saturated rings. The lowest BCUT2D eigenvalue weighted by Gasteiger charge is -2.19. The van der Waals surface area contributed by atoms with E-state index in [1.54, 1.807) is 6.07 Å². The maximum atomic E-state index is 12.3. The number of nitrogens with one attached hydrogen (secondary N) is 1. The lowest BCUT2D eigenvalue weighted by Crippen LogP contribution is -2.39. The molecule has 0 aliphatic carbocycles. The third-order valence-corrected chi connectivity index (χ3v) is 1.66. The second-order valence-electron chi connectivity index (χ2n) is 2.80. The van der Waals surface area contributed by atoms with Crippen LogP contribution in [-0.2, 0) is 0 Å². The van der Waals surface area contributed by atoms with Crippen molar-refractivity contribution >= 4 is 5.82 Å². The number of hydrogen-bond donors (Lipinski definition) is 2. The van der Waals surface area contributed by atoms with E-state index in [4.69, 9.17) is 10.4 Å². The molecule has 0 saturated heterocycles. The number of nitrogens with zero attached hydrogens (tertiary/aromatic N) is 3. The van der Waals surface area contributed by atoms with Gasteiger partial charge in [-0.3, -0.25) is 0 Å². The highest BCUT2D eigenvalue weighted by Gasteiger charge is 2.39. The van der Waals surface area contributed by atoms with E-state index in [1.807, 2.05) is 5.32 Å². The van der Waals surface area contributed by atoms with Gasteiger partial charge in [-0.1, -0.05) is 0 Å². The molecule has 0 saturated carbocycles. The Hall–Kier alpha value is -1.88. The Morgan fingerprint density at radius 1 is 1.56 bits per heavy atom. The van der Waals surface area contributed by atoms with Crippen molar-refractivity contribution in [1.29, 1.82) is 5.26 Å². The van der Waals surface area contributed by atoms with Crippen LogP contribution < -0.4 is 5.32 Å². The first-order valence-corrected chi connectivity index (χ1v) is 4.14. The third kappa shape index (κ3) is 3.06. The summed E-state index contributed by atoms with van der Waals surface area (Å²) in [4.78, 5) is 7.00. The van der Waals surface area contributed by atoms with Crippen molar-refractivity contribution in [3.05, 3.63) is 18.1 Å². The minimum atomic E-state index is -4.59. The maximum Gasteiger partial charge on any atom is 0.410 e. The number of aromatic nitrogens is 2. The fraction of sp³-hybridized carbons (Fsp3) is 0.375. The topological polar surface area (TPSA) is 81.8 Å². The zero-order valence-corrected chi connectivity index (χ0v) is 7.86. The molecule has 86 valence electrons. The third-order valence-electron chi connectivity index (χ3n) is 1.66. The number of anilines is 1. The molecule has 5 nitrogen and oxygen atoms in total. The molecule has 2 N–H and O–H groups in total. The van der Waals surface area contributed by atoms with Crippen LogP contribution in [0.5, 0.6) is 0 Å². The van der Waals surface area contributed by atoms with Crippen LogP contribution in [0.3, 0.4) is 0 Å². The minimum Gasteiger partial charge on any atom is -0.394 e. The Morgan fingerprint density at radius 2 is 2.25 bits per heavy atom. The molecular formula is C8H7F3N4O. The van der Waals surface area contributed by atoms with E-state index in [0.29, 0.717) is 0 Å². The summed E-state index contributed by atoms with van der Waals surface area (Å²) in [5, 5.41) is 19.0. The summed E-state index contributed by atoms with van der Waals surface area (Å²) in [5.41, 5.74) is 0. The first-order valence-electron chi connectivity index (χ1n) is 4.14. The van der Waals surface area contributed by atoms with Gasteiger partial charge in [0.2, 0.25) is 5.82 Å². The van der Waals surface area contributed by atoms with Crippen LogP contribution in [0, 0.1) is 11.3 Å². The van der Waals surface area contributed by atoms with Gasteiger partial charge < -0.3 is 10.4 Å². The van der Waals surface area contributed by atoms with Crippen molar-refractivity contribution in [3.8, 4) is 6.07 Å². The van der Waals surface area contributed by atoms with Crippen molar-refractivity contribution in [2.45, 2.75) is 12.2 Å². The monoisotopic (exact) mass is 232 g/mol. The standard InChI is InChI=1S/C8H7F3N4O/c9-8(10,11)5(4-16)14-6-1-2-13-7(3-12)15-6/h1-2,5,16H,4H2,(H,13,14,15). The second-order valence-corrected chi connectivity index (χ2v) is 2.80.